The van der Waals surface area contributed by atoms with Gasteiger partial charge in [0.1, 0.15) is 7.05 Å². The molecule has 0 radical (unpaired) electrons. The van der Waals surface area contributed by atoms with Crippen LogP contribution in [-0.4, -0.2) is 4.98 Å². The molecule has 2 N–H and O–H groups in total. The molecule has 2 aromatic rings. The van der Waals surface area contributed by atoms with Crippen molar-refractivity contribution in [1.29, 1.82) is 0 Å². The molecule has 0 aliphatic carbocycles. The van der Waals surface area contributed by atoms with E-state index in [1.165, 1.54) is 10.6 Å². The van der Waals surface area contributed by atoms with Crippen LogP contribution in [0.5, 0.6) is 0 Å². The zero-order valence-electron chi connectivity index (χ0n) is 9.02. The smallest absolute Gasteiger partial charge is 0.326 e. The van der Waals surface area contributed by atoms with Crippen LogP contribution < -0.4 is 10.3 Å². The molecule has 82 valence electrons. The van der Waals surface area contributed by atoms with Gasteiger partial charge in [-0.15, -0.1) is 4.39 Å². The first-order valence-corrected chi connectivity index (χ1v) is 5.01. The summed E-state index contributed by atoms with van der Waals surface area (Å²) in [5.74, 6) is -0.290. The Kier molecular flexibility index (Phi) is 2.92. The molecular weight excluding hydrogens is 205 g/mol. The number of hydrogen-bond acceptors (Lipinski definition) is 2. The van der Waals surface area contributed by atoms with Crippen LogP contribution in [0.2, 0.25) is 0 Å². The molecule has 0 aliphatic rings. The average molecular weight is 218 g/mol. The van der Waals surface area contributed by atoms with Gasteiger partial charge in [-0.2, -0.15) is 4.57 Å². The lowest BCUT2D eigenvalue weighted by molar-refractivity contribution is -0.700. The van der Waals surface area contributed by atoms with Gasteiger partial charge in [0.15, 0.2) is 6.20 Å². The lowest BCUT2D eigenvalue weighted by atomic mass is 10.1. The van der Waals surface area contributed by atoms with Gasteiger partial charge >= 0.3 is 5.95 Å². The van der Waals surface area contributed by atoms with Crippen LogP contribution in [0.1, 0.15) is 5.56 Å². The zero-order valence-corrected chi connectivity index (χ0v) is 9.02. The zero-order chi connectivity index (χ0) is 11.5. The molecule has 0 saturated carbocycles. The second-order valence-corrected chi connectivity index (χ2v) is 3.60. The van der Waals surface area contributed by atoms with Gasteiger partial charge in [-0.05, 0) is 11.6 Å². The van der Waals surface area contributed by atoms with E-state index >= 15 is 0 Å². The lowest BCUT2D eigenvalue weighted by Gasteiger charge is -2.01. The third kappa shape index (κ3) is 2.06. The van der Waals surface area contributed by atoms with E-state index in [9.17, 15) is 4.39 Å². The molecule has 0 atom stereocenters. The van der Waals surface area contributed by atoms with Crippen molar-refractivity contribution in [3.8, 4) is 11.3 Å². The van der Waals surface area contributed by atoms with E-state index in [1.807, 2.05) is 18.2 Å². The van der Waals surface area contributed by atoms with Crippen molar-refractivity contribution in [2.75, 3.05) is 0 Å². The van der Waals surface area contributed by atoms with E-state index in [1.54, 1.807) is 19.4 Å². The van der Waals surface area contributed by atoms with Crippen molar-refractivity contribution in [1.82, 2.24) is 4.98 Å². The lowest BCUT2D eigenvalue weighted by Crippen LogP contribution is -2.31. The Morgan fingerprint density at radius 2 is 2.19 bits per heavy atom. The third-order valence-electron chi connectivity index (χ3n) is 2.45. The SMILES string of the molecule is C[n+]1ccc(-c2ccc(CN)cn2)cc1F. The van der Waals surface area contributed by atoms with Crippen molar-refractivity contribution in [3.05, 3.63) is 48.2 Å². The van der Waals surface area contributed by atoms with Crippen molar-refractivity contribution in [2.45, 2.75) is 6.54 Å². The summed E-state index contributed by atoms with van der Waals surface area (Å²) in [6.45, 7) is 0.464. The Morgan fingerprint density at radius 1 is 1.38 bits per heavy atom. The minimum Gasteiger partial charge on any atom is -0.326 e. The second kappa shape index (κ2) is 4.37. The molecule has 2 rings (SSSR count). The van der Waals surface area contributed by atoms with Crippen molar-refractivity contribution < 1.29 is 8.96 Å². The molecule has 0 bridgehead atoms. The summed E-state index contributed by atoms with van der Waals surface area (Å²) in [7, 11) is 1.66. The van der Waals surface area contributed by atoms with Crippen LogP contribution in [-0.2, 0) is 13.6 Å². The molecule has 0 fully saturated rings. The van der Waals surface area contributed by atoms with E-state index in [0.717, 1.165) is 16.8 Å². The van der Waals surface area contributed by atoms with Crippen LogP contribution in [0, 0.1) is 5.95 Å². The molecule has 0 aliphatic heterocycles. The fourth-order valence-electron chi connectivity index (χ4n) is 1.42. The molecule has 0 amide bonds. The van der Waals surface area contributed by atoms with Gasteiger partial charge in [-0.1, -0.05) is 6.07 Å². The topological polar surface area (TPSA) is 42.8 Å². The molecule has 0 unspecified atom stereocenters. The van der Waals surface area contributed by atoms with Crippen LogP contribution in [0.15, 0.2) is 36.7 Å². The van der Waals surface area contributed by atoms with Crippen molar-refractivity contribution in [3.63, 3.8) is 0 Å². The van der Waals surface area contributed by atoms with E-state index in [4.69, 9.17) is 5.73 Å². The monoisotopic (exact) mass is 218 g/mol. The van der Waals surface area contributed by atoms with Crippen LogP contribution in [0.4, 0.5) is 4.39 Å². The maximum absolute atomic E-state index is 13.3. The number of aromatic nitrogens is 2. The predicted molar refractivity (Wildman–Crippen MR) is 58.7 cm³/mol. The third-order valence-corrected chi connectivity index (χ3v) is 2.45. The number of aryl methyl sites for hydroxylation is 1. The molecule has 2 aromatic heterocycles. The number of pyridine rings is 2. The van der Waals surface area contributed by atoms with E-state index in [-0.39, 0.29) is 5.95 Å². The summed E-state index contributed by atoms with van der Waals surface area (Å²) in [4.78, 5) is 4.23. The van der Waals surface area contributed by atoms with Gasteiger partial charge in [0, 0.05) is 24.4 Å². The van der Waals surface area contributed by atoms with Crippen LogP contribution in [0.25, 0.3) is 11.3 Å². The molecule has 0 saturated heterocycles. The van der Waals surface area contributed by atoms with Crippen LogP contribution >= 0.6 is 0 Å². The van der Waals surface area contributed by atoms with Crippen molar-refractivity contribution in [2.24, 2.45) is 12.8 Å². The first-order valence-electron chi connectivity index (χ1n) is 5.01. The summed E-state index contributed by atoms with van der Waals surface area (Å²) in [6, 6.07) is 7.03. The summed E-state index contributed by atoms with van der Waals surface area (Å²) >= 11 is 0. The molecule has 0 aromatic carbocycles. The molecule has 4 heteroatoms. The molecule has 0 spiro atoms. The van der Waals surface area contributed by atoms with Gasteiger partial charge in [-0.3, -0.25) is 4.98 Å². The van der Waals surface area contributed by atoms with Gasteiger partial charge in [0.05, 0.1) is 11.8 Å². The Balaban J connectivity index is 2.38. The van der Waals surface area contributed by atoms with E-state index < -0.39 is 0 Å². The number of nitrogens with two attached hydrogens (primary N) is 1. The second-order valence-electron chi connectivity index (χ2n) is 3.60. The molecular formula is C12H13FN3+. The van der Waals surface area contributed by atoms with Crippen LogP contribution in [0.3, 0.4) is 0 Å². The summed E-state index contributed by atoms with van der Waals surface area (Å²) < 4.78 is 14.7. The van der Waals surface area contributed by atoms with Gasteiger partial charge in [0.2, 0.25) is 0 Å². The highest BCUT2D eigenvalue weighted by molar-refractivity contribution is 5.57. The maximum atomic E-state index is 13.3. The van der Waals surface area contributed by atoms with Gasteiger partial charge < -0.3 is 5.73 Å². The minimum absolute atomic E-state index is 0.290. The first kappa shape index (κ1) is 10.7. The Hall–Kier alpha value is -1.81. The average Bonchev–Trinajstić information content (AvgIpc) is 2.33. The number of halogens is 1. The number of hydrogen-bond donors (Lipinski definition) is 1. The summed E-state index contributed by atoms with van der Waals surface area (Å²) in [5.41, 5.74) is 7.95. The molecule has 2 heterocycles. The minimum atomic E-state index is -0.290. The highest BCUT2D eigenvalue weighted by Crippen LogP contribution is 2.16. The summed E-state index contributed by atoms with van der Waals surface area (Å²) in [6.07, 6.45) is 3.38. The Labute approximate surface area is 93.4 Å². The molecule has 16 heavy (non-hydrogen) atoms. The largest absolute Gasteiger partial charge is 0.359 e. The fraction of sp³-hybridized carbons (Fsp3) is 0.167. The molecule has 3 nitrogen and oxygen atoms in total. The first-order chi connectivity index (χ1) is 7.70. The number of rotatable bonds is 2. The maximum Gasteiger partial charge on any atom is 0.359 e. The normalized spacial score (nSPS) is 10.4. The number of nitrogens with zero attached hydrogens (tertiary/aromatic N) is 2. The standard InChI is InChI=1S/C12H13FN3/c1-16-5-4-10(6-12(16)13)11-3-2-9(7-14)8-15-11/h2-6,8H,7,14H2,1H3/q+1. The van der Waals surface area contributed by atoms with Gasteiger partial charge in [-0.25, -0.2) is 0 Å². The van der Waals surface area contributed by atoms with Gasteiger partial charge in [0.25, 0.3) is 0 Å². The fourth-order valence-corrected chi connectivity index (χ4v) is 1.42. The predicted octanol–water partition coefficient (Wildman–Crippen LogP) is 1.17. The van der Waals surface area contributed by atoms with E-state index in [0.29, 0.717) is 6.54 Å². The highest BCUT2D eigenvalue weighted by atomic mass is 19.1. The quantitative estimate of drug-likeness (QED) is 0.607. The Morgan fingerprint density at radius 3 is 2.75 bits per heavy atom. The van der Waals surface area contributed by atoms with Crippen molar-refractivity contribution >= 4 is 0 Å². The van der Waals surface area contributed by atoms with E-state index in [2.05, 4.69) is 4.98 Å². The highest BCUT2D eigenvalue weighted by Gasteiger charge is 2.08. The summed E-state index contributed by atoms with van der Waals surface area (Å²) in [5, 5.41) is 0. The Bertz CT molecular complexity index is 494.